The van der Waals surface area contributed by atoms with Gasteiger partial charge in [-0.1, -0.05) is 13.3 Å². The Morgan fingerprint density at radius 3 is 2.95 bits per heavy atom. The number of aromatic amines is 1. The topological polar surface area (TPSA) is 96.3 Å². The summed E-state index contributed by atoms with van der Waals surface area (Å²) in [5.41, 5.74) is 7.56. The third-order valence-electron chi connectivity index (χ3n) is 3.64. The van der Waals surface area contributed by atoms with Crippen molar-refractivity contribution in [1.29, 1.82) is 0 Å². The minimum absolute atomic E-state index is 0.201. The Bertz CT molecular complexity index is 454. The van der Waals surface area contributed by atoms with E-state index in [1.807, 2.05) is 0 Å². The average Bonchev–Trinajstić information content (AvgIpc) is 2.86. The first kappa shape index (κ1) is 15.8. The maximum Gasteiger partial charge on any atom is 0.273 e. The largest absolute Gasteiger partial charge is 0.395 e. The number of carbonyl (C=O) groups is 1. The predicted molar refractivity (Wildman–Crippen MR) is 81.2 cm³/mol. The zero-order valence-corrected chi connectivity index (χ0v) is 12.7. The molecule has 0 aliphatic carbocycles. The van der Waals surface area contributed by atoms with Gasteiger partial charge in [-0.15, -0.1) is 0 Å². The van der Waals surface area contributed by atoms with E-state index >= 15 is 0 Å². The number of hydrogen-bond acceptors (Lipinski definition) is 5. The smallest absolute Gasteiger partial charge is 0.273 e. The summed E-state index contributed by atoms with van der Waals surface area (Å²) in [5.74, 6) is -0.201. The Kier molecular flexibility index (Phi) is 6.01. The lowest BCUT2D eigenvalue weighted by Gasteiger charge is -2.26. The number of rotatable bonds is 7. The molecule has 1 aromatic heterocycles. The van der Waals surface area contributed by atoms with Crippen molar-refractivity contribution in [1.82, 2.24) is 20.4 Å². The Balaban J connectivity index is 1.71. The van der Waals surface area contributed by atoms with E-state index < -0.39 is 0 Å². The second-order valence-electron chi connectivity index (χ2n) is 5.28. The first-order chi connectivity index (χ1) is 10.2. The van der Waals surface area contributed by atoms with Crippen LogP contribution in [0.5, 0.6) is 0 Å². The fourth-order valence-corrected chi connectivity index (χ4v) is 2.41. The summed E-state index contributed by atoms with van der Waals surface area (Å²) >= 11 is 0. The van der Waals surface area contributed by atoms with Crippen LogP contribution in [0.2, 0.25) is 0 Å². The molecule has 1 aliphatic rings. The van der Waals surface area contributed by atoms with E-state index in [1.54, 1.807) is 0 Å². The Labute approximate surface area is 125 Å². The van der Waals surface area contributed by atoms with Gasteiger partial charge in [0.1, 0.15) is 0 Å². The van der Waals surface area contributed by atoms with Crippen LogP contribution in [0.15, 0.2) is 0 Å². The Morgan fingerprint density at radius 1 is 1.48 bits per heavy atom. The quantitative estimate of drug-likeness (QED) is 0.633. The summed E-state index contributed by atoms with van der Waals surface area (Å²) in [6.45, 7) is 7.21. The van der Waals surface area contributed by atoms with Crippen molar-refractivity contribution in [3.8, 4) is 0 Å². The third kappa shape index (κ3) is 4.44. The number of H-pyrrole nitrogens is 1. The van der Waals surface area contributed by atoms with E-state index in [4.69, 9.17) is 10.5 Å². The lowest BCUT2D eigenvalue weighted by atomic mass is 10.2. The maximum absolute atomic E-state index is 12.0. The standard InChI is InChI=1S/C14H25N5O2/c1-2-4-11-12(15)13(18-17-11)14(20)16-5-3-6-19-7-9-21-10-8-19/h2-10,15H2,1H3,(H,16,20)(H,17,18). The van der Waals surface area contributed by atoms with Gasteiger partial charge in [-0.25, -0.2) is 0 Å². The second kappa shape index (κ2) is 7.99. The summed E-state index contributed by atoms with van der Waals surface area (Å²) in [5, 5.41) is 9.73. The summed E-state index contributed by atoms with van der Waals surface area (Å²) in [7, 11) is 0. The number of anilines is 1. The molecule has 1 saturated heterocycles. The average molecular weight is 295 g/mol. The lowest BCUT2D eigenvalue weighted by Crippen LogP contribution is -2.38. The molecule has 0 bridgehead atoms. The summed E-state index contributed by atoms with van der Waals surface area (Å²) in [6.07, 6.45) is 2.69. The van der Waals surface area contributed by atoms with Crippen LogP contribution in [0.4, 0.5) is 5.69 Å². The molecule has 4 N–H and O–H groups in total. The fraction of sp³-hybridized carbons (Fsp3) is 0.714. The van der Waals surface area contributed by atoms with Gasteiger partial charge in [-0.3, -0.25) is 14.8 Å². The number of amides is 1. The molecule has 7 heteroatoms. The molecule has 1 aliphatic heterocycles. The van der Waals surface area contributed by atoms with Gasteiger partial charge < -0.3 is 15.8 Å². The number of carbonyl (C=O) groups excluding carboxylic acids is 1. The SMILES string of the molecule is CCCc1[nH]nc(C(=O)NCCCN2CCOCC2)c1N. The summed E-state index contributed by atoms with van der Waals surface area (Å²) in [6, 6.07) is 0. The van der Waals surface area contributed by atoms with Gasteiger partial charge >= 0.3 is 0 Å². The zero-order chi connectivity index (χ0) is 15.1. The number of aryl methyl sites for hydroxylation is 1. The van der Waals surface area contributed by atoms with Crippen molar-refractivity contribution < 1.29 is 9.53 Å². The highest BCUT2D eigenvalue weighted by molar-refractivity contribution is 5.97. The van der Waals surface area contributed by atoms with Crippen LogP contribution < -0.4 is 11.1 Å². The van der Waals surface area contributed by atoms with Crippen LogP contribution >= 0.6 is 0 Å². The van der Waals surface area contributed by atoms with Gasteiger partial charge in [-0.2, -0.15) is 5.10 Å². The Hall–Kier alpha value is -1.60. The van der Waals surface area contributed by atoms with Gasteiger partial charge in [0.05, 0.1) is 24.6 Å². The molecular formula is C14H25N5O2. The van der Waals surface area contributed by atoms with Crippen LogP contribution in [0.3, 0.4) is 0 Å². The highest BCUT2D eigenvalue weighted by atomic mass is 16.5. The number of hydrogen-bond donors (Lipinski definition) is 3. The highest BCUT2D eigenvalue weighted by Crippen LogP contribution is 2.15. The summed E-state index contributed by atoms with van der Waals surface area (Å²) < 4.78 is 5.30. The monoisotopic (exact) mass is 295 g/mol. The number of nitrogens with one attached hydrogen (secondary N) is 2. The molecule has 0 spiro atoms. The number of aromatic nitrogens is 2. The van der Waals surface area contributed by atoms with E-state index in [0.29, 0.717) is 17.9 Å². The normalized spacial score (nSPS) is 16.0. The van der Waals surface area contributed by atoms with E-state index in [1.165, 1.54) is 0 Å². The van der Waals surface area contributed by atoms with Crippen molar-refractivity contribution >= 4 is 11.6 Å². The van der Waals surface area contributed by atoms with Crippen LogP contribution in [-0.2, 0) is 11.2 Å². The molecule has 0 atom stereocenters. The van der Waals surface area contributed by atoms with E-state index in [2.05, 4.69) is 27.3 Å². The van der Waals surface area contributed by atoms with Gasteiger partial charge in [0, 0.05) is 19.6 Å². The molecule has 118 valence electrons. The van der Waals surface area contributed by atoms with Gasteiger partial charge in [0.2, 0.25) is 0 Å². The van der Waals surface area contributed by atoms with Crippen molar-refractivity contribution in [3.05, 3.63) is 11.4 Å². The minimum Gasteiger partial charge on any atom is -0.395 e. The first-order valence-corrected chi connectivity index (χ1v) is 7.63. The molecule has 1 aromatic rings. The zero-order valence-electron chi connectivity index (χ0n) is 12.7. The molecule has 2 rings (SSSR count). The molecule has 1 fully saturated rings. The molecular weight excluding hydrogens is 270 g/mol. The number of nitrogens with zero attached hydrogens (tertiary/aromatic N) is 2. The molecule has 2 heterocycles. The molecule has 21 heavy (non-hydrogen) atoms. The molecule has 0 aromatic carbocycles. The predicted octanol–water partition coefficient (Wildman–Crippen LogP) is 0.397. The minimum atomic E-state index is -0.201. The number of morpholine rings is 1. The van der Waals surface area contributed by atoms with Crippen molar-refractivity contribution in [2.24, 2.45) is 0 Å². The number of nitrogens with two attached hydrogens (primary N) is 1. The molecule has 1 amide bonds. The fourth-order valence-electron chi connectivity index (χ4n) is 2.41. The molecule has 0 radical (unpaired) electrons. The van der Waals surface area contributed by atoms with Gasteiger partial charge in [0.15, 0.2) is 5.69 Å². The van der Waals surface area contributed by atoms with E-state index in [9.17, 15) is 4.79 Å². The number of ether oxygens (including phenoxy) is 1. The second-order valence-corrected chi connectivity index (χ2v) is 5.28. The summed E-state index contributed by atoms with van der Waals surface area (Å²) in [4.78, 5) is 14.4. The van der Waals surface area contributed by atoms with Crippen molar-refractivity contribution in [2.75, 3.05) is 45.1 Å². The van der Waals surface area contributed by atoms with Crippen LogP contribution in [0.1, 0.15) is 35.9 Å². The molecule has 7 nitrogen and oxygen atoms in total. The molecule has 0 unspecified atom stereocenters. The third-order valence-corrected chi connectivity index (χ3v) is 3.64. The molecule has 0 saturated carbocycles. The van der Waals surface area contributed by atoms with E-state index in [-0.39, 0.29) is 5.91 Å². The number of nitrogen functional groups attached to an aromatic ring is 1. The van der Waals surface area contributed by atoms with E-state index in [0.717, 1.165) is 57.8 Å². The van der Waals surface area contributed by atoms with Crippen LogP contribution in [0, 0.1) is 0 Å². The Morgan fingerprint density at radius 2 is 2.24 bits per heavy atom. The van der Waals surface area contributed by atoms with Gasteiger partial charge in [0.25, 0.3) is 5.91 Å². The van der Waals surface area contributed by atoms with Crippen LogP contribution in [-0.4, -0.2) is 60.4 Å². The first-order valence-electron chi connectivity index (χ1n) is 7.63. The van der Waals surface area contributed by atoms with Crippen LogP contribution in [0.25, 0.3) is 0 Å². The highest BCUT2D eigenvalue weighted by Gasteiger charge is 2.16. The van der Waals surface area contributed by atoms with Gasteiger partial charge in [-0.05, 0) is 19.4 Å². The maximum atomic E-state index is 12.0. The van der Waals surface area contributed by atoms with Crippen molar-refractivity contribution in [2.45, 2.75) is 26.2 Å². The lowest BCUT2D eigenvalue weighted by molar-refractivity contribution is 0.0374. The van der Waals surface area contributed by atoms with Crippen molar-refractivity contribution in [3.63, 3.8) is 0 Å².